The minimum absolute atomic E-state index is 0.369. The van der Waals surface area contributed by atoms with E-state index in [1.165, 1.54) is 0 Å². The van der Waals surface area contributed by atoms with E-state index in [1.54, 1.807) is 36.7 Å². The molecule has 0 amide bonds. The van der Waals surface area contributed by atoms with Gasteiger partial charge in [0.05, 0.1) is 5.56 Å². The minimum atomic E-state index is -0.369. The third-order valence-corrected chi connectivity index (χ3v) is 2.48. The number of nitrogens with zero attached hydrogens (tertiary/aromatic N) is 2. The highest BCUT2D eigenvalue weighted by Crippen LogP contribution is 2.15. The van der Waals surface area contributed by atoms with Crippen LogP contribution in [0, 0.1) is 0 Å². The van der Waals surface area contributed by atoms with Gasteiger partial charge in [0.1, 0.15) is 5.75 Å². The molecule has 0 aliphatic rings. The predicted molar refractivity (Wildman–Crippen MR) is 70.0 cm³/mol. The smallest absolute Gasteiger partial charge is 0.343 e. The monoisotopic (exact) mass is 242 g/mol. The second-order valence-corrected chi connectivity index (χ2v) is 4.01. The number of esters is 1. The second kappa shape index (κ2) is 5.31. The van der Waals surface area contributed by atoms with Crippen molar-refractivity contribution in [1.82, 2.24) is 4.98 Å². The van der Waals surface area contributed by atoms with Crippen LogP contribution in [0.1, 0.15) is 10.4 Å². The van der Waals surface area contributed by atoms with Crippen molar-refractivity contribution in [2.24, 2.45) is 0 Å². The van der Waals surface area contributed by atoms with E-state index in [2.05, 4.69) is 4.98 Å². The molecule has 92 valence electrons. The molecule has 0 aliphatic carbocycles. The van der Waals surface area contributed by atoms with Crippen LogP contribution in [-0.2, 0) is 0 Å². The maximum Gasteiger partial charge on any atom is 0.343 e. The summed E-state index contributed by atoms with van der Waals surface area (Å²) in [6, 6.07) is 10.5. The van der Waals surface area contributed by atoms with Gasteiger partial charge in [-0.3, -0.25) is 4.98 Å². The Morgan fingerprint density at radius 2 is 1.67 bits per heavy atom. The van der Waals surface area contributed by atoms with Gasteiger partial charge in [0, 0.05) is 32.2 Å². The van der Waals surface area contributed by atoms with Crippen LogP contribution in [-0.4, -0.2) is 25.0 Å². The normalized spacial score (nSPS) is 9.89. The van der Waals surface area contributed by atoms with Crippen molar-refractivity contribution in [3.63, 3.8) is 0 Å². The van der Waals surface area contributed by atoms with Gasteiger partial charge in [-0.25, -0.2) is 4.79 Å². The molecular formula is C14H14N2O2. The van der Waals surface area contributed by atoms with Gasteiger partial charge in [-0.1, -0.05) is 0 Å². The molecule has 4 heteroatoms. The molecule has 0 unspecified atom stereocenters. The van der Waals surface area contributed by atoms with Gasteiger partial charge < -0.3 is 9.64 Å². The number of carbonyl (C=O) groups excluding carboxylic acids is 1. The SMILES string of the molecule is CN(C)c1ccc(C(=O)Oc2ccncc2)cc1. The molecule has 0 N–H and O–H groups in total. The van der Waals surface area contributed by atoms with Gasteiger partial charge in [-0.05, 0) is 36.4 Å². The first-order valence-corrected chi connectivity index (χ1v) is 5.56. The lowest BCUT2D eigenvalue weighted by Gasteiger charge is -2.12. The molecule has 0 aliphatic heterocycles. The first kappa shape index (κ1) is 12.1. The minimum Gasteiger partial charge on any atom is -0.423 e. The van der Waals surface area contributed by atoms with E-state index in [-0.39, 0.29) is 5.97 Å². The lowest BCUT2D eigenvalue weighted by atomic mass is 10.2. The Bertz CT molecular complexity index is 521. The Hall–Kier alpha value is -2.36. The van der Waals surface area contributed by atoms with E-state index in [0.29, 0.717) is 11.3 Å². The number of pyridine rings is 1. The molecule has 1 heterocycles. The number of aromatic nitrogens is 1. The number of anilines is 1. The van der Waals surface area contributed by atoms with E-state index >= 15 is 0 Å². The van der Waals surface area contributed by atoms with E-state index in [0.717, 1.165) is 5.69 Å². The number of hydrogen-bond donors (Lipinski definition) is 0. The summed E-state index contributed by atoms with van der Waals surface area (Å²) < 4.78 is 5.21. The summed E-state index contributed by atoms with van der Waals surface area (Å²) in [5.41, 5.74) is 1.56. The number of ether oxygens (including phenoxy) is 1. The molecule has 0 bridgehead atoms. The number of carbonyl (C=O) groups is 1. The van der Waals surface area contributed by atoms with Crippen LogP contribution in [0.4, 0.5) is 5.69 Å². The Morgan fingerprint density at radius 1 is 1.06 bits per heavy atom. The fraction of sp³-hybridized carbons (Fsp3) is 0.143. The zero-order valence-corrected chi connectivity index (χ0v) is 10.3. The summed E-state index contributed by atoms with van der Waals surface area (Å²) in [6.07, 6.45) is 3.16. The van der Waals surface area contributed by atoms with Crippen LogP contribution in [0.2, 0.25) is 0 Å². The van der Waals surface area contributed by atoms with Crippen LogP contribution in [0.15, 0.2) is 48.8 Å². The van der Waals surface area contributed by atoms with E-state index in [4.69, 9.17) is 4.74 Å². The fourth-order valence-electron chi connectivity index (χ4n) is 1.47. The third-order valence-electron chi connectivity index (χ3n) is 2.48. The zero-order valence-electron chi connectivity index (χ0n) is 10.3. The van der Waals surface area contributed by atoms with Crippen molar-refractivity contribution in [3.05, 3.63) is 54.4 Å². The standard InChI is InChI=1S/C14H14N2O2/c1-16(2)12-5-3-11(4-6-12)14(17)18-13-7-9-15-10-8-13/h3-10H,1-2H3. The van der Waals surface area contributed by atoms with Gasteiger partial charge in [0.2, 0.25) is 0 Å². The van der Waals surface area contributed by atoms with Crippen LogP contribution >= 0.6 is 0 Å². The first-order chi connectivity index (χ1) is 8.66. The van der Waals surface area contributed by atoms with Crippen molar-refractivity contribution in [2.75, 3.05) is 19.0 Å². The summed E-state index contributed by atoms with van der Waals surface area (Å²) >= 11 is 0. The number of hydrogen-bond acceptors (Lipinski definition) is 4. The van der Waals surface area contributed by atoms with Crippen LogP contribution < -0.4 is 9.64 Å². The van der Waals surface area contributed by atoms with Crippen molar-refractivity contribution in [1.29, 1.82) is 0 Å². The van der Waals surface area contributed by atoms with E-state index in [9.17, 15) is 4.79 Å². The van der Waals surface area contributed by atoms with Gasteiger partial charge in [-0.15, -0.1) is 0 Å². The molecule has 2 aromatic rings. The maximum atomic E-state index is 11.8. The summed E-state index contributed by atoms with van der Waals surface area (Å²) in [6.45, 7) is 0. The quantitative estimate of drug-likeness (QED) is 0.775. The third kappa shape index (κ3) is 2.85. The highest BCUT2D eigenvalue weighted by atomic mass is 16.5. The zero-order chi connectivity index (χ0) is 13.0. The fourth-order valence-corrected chi connectivity index (χ4v) is 1.47. The Kier molecular flexibility index (Phi) is 3.57. The average molecular weight is 242 g/mol. The first-order valence-electron chi connectivity index (χ1n) is 5.56. The summed E-state index contributed by atoms with van der Waals surface area (Å²) in [7, 11) is 3.90. The molecule has 0 atom stereocenters. The molecular weight excluding hydrogens is 228 g/mol. The molecule has 4 nitrogen and oxygen atoms in total. The molecule has 0 saturated heterocycles. The molecule has 1 aromatic heterocycles. The molecule has 0 fully saturated rings. The van der Waals surface area contributed by atoms with Gasteiger partial charge in [0.25, 0.3) is 0 Å². The second-order valence-electron chi connectivity index (χ2n) is 4.01. The predicted octanol–water partition coefficient (Wildman–Crippen LogP) is 2.37. The Morgan fingerprint density at radius 3 is 2.22 bits per heavy atom. The molecule has 18 heavy (non-hydrogen) atoms. The van der Waals surface area contributed by atoms with Gasteiger partial charge >= 0.3 is 5.97 Å². The van der Waals surface area contributed by atoms with Crippen LogP contribution in [0.3, 0.4) is 0 Å². The largest absolute Gasteiger partial charge is 0.423 e. The molecule has 2 rings (SSSR count). The summed E-state index contributed by atoms with van der Waals surface area (Å²) in [5, 5.41) is 0. The van der Waals surface area contributed by atoms with Crippen LogP contribution in [0.25, 0.3) is 0 Å². The number of rotatable bonds is 3. The van der Waals surface area contributed by atoms with E-state index < -0.39 is 0 Å². The molecule has 1 aromatic carbocycles. The lowest BCUT2D eigenvalue weighted by molar-refractivity contribution is 0.0734. The maximum absolute atomic E-state index is 11.8. The highest BCUT2D eigenvalue weighted by Gasteiger charge is 2.08. The van der Waals surface area contributed by atoms with Crippen molar-refractivity contribution in [3.8, 4) is 5.75 Å². The average Bonchev–Trinajstić information content (AvgIpc) is 2.40. The molecule has 0 saturated carbocycles. The van der Waals surface area contributed by atoms with Gasteiger partial charge in [0.15, 0.2) is 0 Å². The van der Waals surface area contributed by atoms with E-state index in [1.807, 2.05) is 31.1 Å². The van der Waals surface area contributed by atoms with Crippen molar-refractivity contribution in [2.45, 2.75) is 0 Å². The molecule has 0 radical (unpaired) electrons. The Labute approximate surface area is 106 Å². The highest BCUT2D eigenvalue weighted by molar-refractivity contribution is 5.91. The Balaban J connectivity index is 2.10. The van der Waals surface area contributed by atoms with Crippen molar-refractivity contribution >= 4 is 11.7 Å². The topological polar surface area (TPSA) is 42.4 Å². The lowest BCUT2D eigenvalue weighted by Crippen LogP contribution is -2.11. The summed E-state index contributed by atoms with van der Waals surface area (Å²) in [5.74, 6) is 0.123. The van der Waals surface area contributed by atoms with Crippen molar-refractivity contribution < 1.29 is 9.53 Å². The number of benzene rings is 1. The summed E-state index contributed by atoms with van der Waals surface area (Å²) in [4.78, 5) is 17.7. The van der Waals surface area contributed by atoms with Gasteiger partial charge in [-0.2, -0.15) is 0 Å². The molecule has 0 spiro atoms. The van der Waals surface area contributed by atoms with Crippen LogP contribution in [0.5, 0.6) is 5.75 Å².